The Bertz CT molecular complexity index is 1030. The predicted octanol–water partition coefficient (Wildman–Crippen LogP) is 5.85. The van der Waals surface area contributed by atoms with Crippen molar-refractivity contribution in [1.82, 2.24) is 4.90 Å². The van der Waals surface area contributed by atoms with Crippen LogP contribution in [0.3, 0.4) is 0 Å². The number of hydrogen-bond acceptors (Lipinski definition) is 3. The Morgan fingerprint density at radius 3 is 2.06 bits per heavy atom. The van der Waals surface area contributed by atoms with Gasteiger partial charge in [-0.05, 0) is 52.8 Å². The summed E-state index contributed by atoms with van der Waals surface area (Å²) in [5, 5.41) is 0. The summed E-state index contributed by atoms with van der Waals surface area (Å²) in [5.74, 6) is -16.0. The van der Waals surface area contributed by atoms with E-state index in [4.69, 9.17) is 9.47 Å². The molecular weight excluding hydrogens is 593 g/mol. The quantitative estimate of drug-likeness (QED) is 0.264. The van der Waals surface area contributed by atoms with E-state index in [1.54, 1.807) is 0 Å². The van der Waals surface area contributed by atoms with Crippen LogP contribution in [0.5, 0.6) is 11.5 Å². The number of ether oxygens (including phenoxy) is 2. The van der Waals surface area contributed by atoms with Crippen molar-refractivity contribution in [2.24, 2.45) is 0 Å². The molecule has 0 aliphatic rings. The molecule has 0 saturated heterocycles. The highest BCUT2D eigenvalue weighted by atomic mass is 127. The Kier molecular flexibility index (Phi) is 8.64. The molecule has 34 heavy (non-hydrogen) atoms. The lowest BCUT2D eigenvalue weighted by Crippen LogP contribution is -2.60. The number of carbonyl (C=O) groups is 1. The van der Waals surface area contributed by atoms with Crippen LogP contribution in [0.15, 0.2) is 36.4 Å². The molecule has 0 saturated carbocycles. The fourth-order valence-electron chi connectivity index (χ4n) is 2.97. The highest BCUT2D eigenvalue weighted by Crippen LogP contribution is 2.47. The molecule has 0 aliphatic heterocycles. The number of nitrogens with zero attached hydrogens (tertiary/aromatic N) is 1. The third kappa shape index (κ3) is 5.66. The van der Waals surface area contributed by atoms with Crippen LogP contribution in [0.1, 0.15) is 11.1 Å². The molecule has 0 aromatic heterocycles. The van der Waals surface area contributed by atoms with Crippen LogP contribution in [-0.2, 0) is 17.8 Å². The minimum absolute atomic E-state index is 0.0575. The van der Waals surface area contributed by atoms with Gasteiger partial charge in [0.25, 0.3) is 5.91 Å². The summed E-state index contributed by atoms with van der Waals surface area (Å²) in [7, 11) is 2.64. The molecule has 0 atom stereocenters. The van der Waals surface area contributed by atoms with Crippen molar-refractivity contribution >= 4 is 28.5 Å². The molecule has 188 valence electrons. The molecule has 4 nitrogen and oxygen atoms in total. The van der Waals surface area contributed by atoms with E-state index in [2.05, 4.69) is 0 Å². The molecule has 0 aliphatic carbocycles. The number of rotatable bonds is 9. The fourth-order valence-corrected chi connectivity index (χ4v) is 3.63. The van der Waals surface area contributed by atoms with Gasteiger partial charge in [0.15, 0.2) is 0 Å². The van der Waals surface area contributed by atoms with E-state index in [0.717, 1.165) is 12.1 Å². The van der Waals surface area contributed by atoms with Gasteiger partial charge < -0.3 is 14.4 Å². The van der Waals surface area contributed by atoms with Gasteiger partial charge in [-0.15, -0.1) is 0 Å². The molecule has 2 aromatic carbocycles. The van der Waals surface area contributed by atoms with E-state index in [1.165, 1.54) is 38.5 Å². The first-order chi connectivity index (χ1) is 15.7. The van der Waals surface area contributed by atoms with Gasteiger partial charge in [0, 0.05) is 18.7 Å². The number of methoxy groups -OCH3 is 2. The van der Waals surface area contributed by atoms with Gasteiger partial charge in [-0.2, -0.15) is 30.7 Å². The van der Waals surface area contributed by atoms with Crippen LogP contribution in [0, 0.1) is 9.39 Å². The van der Waals surface area contributed by atoms with Gasteiger partial charge in [0.05, 0.1) is 17.8 Å². The molecule has 0 N–H and O–H groups in total. The molecule has 13 heteroatoms. The van der Waals surface area contributed by atoms with Gasteiger partial charge in [0.2, 0.25) is 0 Å². The lowest BCUT2D eigenvalue weighted by molar-refractivity contribution is -0.346. The number of benzene rings is 2. The molecular formula is C21H18F8INO3. The van der Waals surface area contributed by atoms with E-state index in [1.807, 2.05) is 22.6 Å². The summed E-state index contributed by atoms with van der Waals surface area (Å²) in [5.41, 5.74) is -0.0638. The molecule has 0 heterocycles. The number of halogens is 9. The SMILES string of the molecule is COc1cc(CCN(Cc2ccccc2F)C(=O)C(F)(F)C(F)(F)C(F)(F)F)c(OC)cc1I. The molecule has 2 aromatic rings. The first kappa shape index (κ1) is 27.9. The first-order valence-electron chi connectivity index (χ1n) is 9.42. The van der Waals surface area contributed by atoms with E-state index >= 15 is 0 Å². The standard InChI is InChI=1S/C21H18F8INO3/c1-33-16-10-15(30)17(34-2)9-12(16)7-8-31(11-13-5-3-4-6-14(13)22)18(32)19(23,24)20(25,26)21(27,28)29/h3-6,9-10H,7-8,11H2,1-2H3. The Labute approximate surface area is 203 Å². The number of hydrogen-bond donors (Lipinski definition) is 0. The van der Waals surface area contributed by atoms with Crippen molar-refractivity contribution in [2.45, 2.75) is 31.0 Å². The van der Waals surface area contributed by atoms with E-state index in [-0.39, 0.29) is 28.2 Å². The molecule has 0 radical (unpaired) electrons. The zero-order chi connectivity index (χ0) is 25.9. The highest BCUT2D eigenvalue weighted by Gasteiger charge is 2.76. The van der Waals surface area contributed by atoms with Crippen molar-refractivity contribution in [1.29, 1.82) is 0 Å². The van der Waals surface area contributed by atoms with Crippen LogP contribution in [0.2, 0.25) is 0 Å². The lowest BCUT2D eigenvalue weighted by atomic mass is 10.1. The second kappa shape index (κ2) is 10.5. The predicted molar refractivity (Wildman–Crippen MR) is 114 cm³/mol. The maximum Gasteiger partial charge on any atom is 0.460 e. The topological polar surface area (TPSA) is 38.8 Å². The Morgan fingerprint density at radius 2 is 1.53 bits per heavy atom. The summed E-state index contributed by atoms with van der Waals surface area (Å²) in [6, 6.07) is 7.51. The highest BCUT2D eigenvalue weighted by molar-refractivity contribution is 14.1. The first-order valence-corrected chi connectivity index (χ1v) is 10.5. The number of alkyl halides is 7. The Hall–Kier alpha value is -2.32. The summed E-state index contributed by atoms with van der Waals surface area (Å²) >= 11 is 1.92. The molecule has 0 unspecified atom stereocenters. The summed E-state index contributed by atoms with van der Waals surface area (Å²) in [6.07, 6.45) is -6.99. The Balaban J connectivity index is 2.45. The lowest BCUT2D eigenvalue weighted by Gasteiger charge is -2.32. The summed E-state index contributed by atoms with van der Waals surface area (Å²) in [6.45, 7) is -1.73. The van der Waals surface area contributed by atoms with Crippen LogP contribution in [0.4, 0.5) is 35.1 Å². The second-order valence-corrected chi connectivity index (χ2v) is 8.18. The number of carbonyl (C=O) groups excluding carboxylic acids is 1. The van der Waals surface area contributed by atoms with Crippen molar-refractivity contribution in [3.63, 3.8) is 0 Å². The molecule has 2 rings (SSSR count). The van der Waals surface area contributed by atoms with E-state index in [0.29, 0.717) is 9.32 Å². The minimum atomic E-state index is -6.69. The van der Waals surface area contributed by atoms with Gasteiger partial charge >= 0.3 is 18.0 Å². The summed E-state index contributed by atoms with van der Waals surface area (Å²) in [4.78, 5) is 12.4. The average Bonchev–Trinajstić information content (AvgIpc) is 2.76. The average molecular weight is 611 g/mol. The van der Waals surface area contributed by atoms with Crippen molar-refractivity contribution in [3.8, 4) is 11.5 Å². The molecule has 0 fully saturated rings. The Morgan fingerprint density at radius 1 is 0.941 bits per heavy atom. The van der Waals surface area contributed by atoms with Gasteiger partial charge in [-0.3, -0.25) is 4.79 Å². The van der Waals surface area contributed by atoms with Crippen LogP contribution in [-0.4, -0.2) is 49.6 Å². The van der Waals surface area contributed by atoms with Crippen LogP contribution in [0.25, 0.3) is 0 Å². The minimum Gasteiger partial charge on any atom is -0.496 e. The van der Waals surface area contributed by atoms with E-state index < -0.39 is 42.8 Å². The van der Waals surface area contributed by atoms with E-state index in [9.17, 15) is 39.9 Å². The third-order valence-corrected chi connectivity index (χ3v) is 5.67. The van der Waals surface area contributed by atoms with Crippen LogP contribution < -0.4 is 9.47 Å². The molecule has 1 amide bonds. The maximum absolute atomic E-state index is 14.2. The number of amides is 1. The molecule has 0 spiro atoms. The normalized spacial score (nSPS) is 12.4. The smallest absolute Gasteiger partial charge is 0.460 e. The zero-order valence-electron chi connectivity index (χ0n) is 17.7. The van der Waals surface area contributed by atoms with Crippen LogP contribution >= 0.6 is 22.6 Å². The monoisotopic (exact) mass is 611 g/mol. The van der Waals surface area contributed by atoms with Crippen molar-refractivity contribution < 1.29 is 49.4 Å². The maximum atomic E-state index is 14.2. The van der Waals surface area contributed by atoms with Gasteiger partial charge in [-0.25, -0.2) is 4.39 Å². The third-order valence-electron chi connectivity index (χ3n) is 4.83. The zero-order valence-corrected chi connectivity index (χ0v) is 19.8. The van der Waals surface area contributed by atoms with Crippen molar-refractivity contribution in [3.05, 3.63) is 56.9 Å². The van der Waals surface area contributed by atoms with Gasteiger partial charge in [0.1, 0.15) is 17.3 Å². The largest absolute Gasteiger partial charge is 0.496 e. The van der Waals surface area contributed by atoms with Crippen molar-refractivity contribution in [2.75, 3.05) is 20.8 Å². The van der Waals surface area contributed by atoms with Gasteiger partial charge in [-0.1, -0.05) is 18.2 Å². The molecule has 0 bridgehead atoms. The second-order valence-electron chi connectivity index (χ2n) is 7.01. The fraction of sp³-hybridized carbons (Fsp3) is 0.381. The summed E-state index contributed by atoms with van der Waals surface area (Å²) < 4.78 is 118.